The van der Waals surface area contributed by atoms with Crippen LogP contribution >= 0.6 is 22.7 Å². The number of rotatable bonds is 9. The molecule has 0 spiro atoms. The summed E-state index contributed by atoms with van der Waals surface area (Å²) in [5, 5.41) is 2.95. The topological polar surface area (TPSA) is 170 Å². The number of nitrogen functional groups attached to an aromatic ring is 1. The van der Waals surface area contributed by atoms with Gasteiger partial charge in [-0.05, 0) is 24.3 Å². The number of nitrogens with zero attached hydrogens (tertiary/aromatic N) is 4. The molecular formula is C36H32N6O8S2. The highest BCUT2D eigenvalue weighted by Crippen LogP contribution is 2.39. The van der Waals surface area contributed by atoms with Crippen LogP contribution in [0.4, 0.5) is 11.4 Å². The second-order valence-electron chi connectivity index (χ2n) is 10.8. The van der Waals surface area contributed by atoms with Gasteiger partial charge in [0.2, 0.25) is 5.75 Å². The van der Waals surface area contributed by atoms with E-state index in [-0.39, 0.29) is 11.6 Å². The van der Waals surface area contributed by atoms with Crippen molar-refractivity contribution in [2.24, 2.45) is 0 Å². The maximum atomic E-state index is 13.1. The Morgan fingerprint density at radius 3 is 1.65 bits per heavy atom. The summed E-state index contributed by atoms with van der Waals surface area (Å²) in [6.07, 6.45) is 7.02. The van der Waals surface area contributed by atoms with E-state index in [1.807, 2.05) is 60.9 Å². The quantitative estimate of drug-likeness (QED) is 0.121. The lowest BCUT2D eigenvalue weighted by molar-refractivity contribution is 0.0586. The molecule has 0 fully saturated rings. The number of nitrogens with two attached hydrogens (primary N) is 1. The molecule has 4 heterocycles. The predicted molar refractivity (Wildman–Crippen MR) is 198 cm³/mol. The van der Waals surface area contributed by atoms with E-state index in [4.69, 9.17) is 24.7 Å². The van der Waals surface area contributed by atoms with Crippen LogP contribution < -0.4 is 25.3 Å². The van der Waals surface area contributed by atoms with Gasteiger partial charge in [0.15, 0.2) is 32.8 Å². The molecule has 0 saturated carbocycles. The SMILES string of the molecule is COC(=O)c1cn2cc(-c3ccccc3N)sc2n1.COC(=O)c1cn2cc(-c3ccccc3NC(=O)c3cc(OC)c(OC)c(OC)c3)sc2n1. The fourth-order valence-electron chi connectivity index (χ4n) is 5.18. The average molecular weight is 741 g/mol. The molecular weight excluding hydrogens is 709 g/mol. The van der Waals surface area contributed by atoms with Crippen LogP contribution in [-0.2, 0) is 9.47 Å². The van der Waals surface area contributed by atoms with Gasteiger partial charge in [-0.1, -0.05) is 59.1 Å². The maximum absolute atomic E-state index is 13.1. The summed E-state index contributed by atoms with van der Waals surface area (Å²) in [6.45, 7) is 0. The van der Waals surface area contributed by atoms with Gasteiger partial charge in [0, 0.05) is 52.9 Å². The second-order valence-corrected chi connectivity index (χ2v) is 12.8. The standard InChI is InChI=1S/C23H21N3O6S.C13H11N3O2S/c1-29-17-9-13(10-18(30-2)20(17)31-3)21(27)24-15-8-6-5-7-14(15)19-12-26-11-16(22(28)32-4)25-23(26)33-19;1-18-12(17)10-6-16-7-11(19-13(16)15-10)8-4-2-3-5-9(8)14/h5-12H,1-4H3,(H,24,27);2-7H,14H2,1H3. The molecule has 0 saturated heterocycles. The van der Waals surface area contributed by atoms with Crippen molar-refractivity contribution in [1.29, 1.82) is 0 Å². The Morgan fingerprint density at radius 2 is 1.17 bits per heavy atom. The minimum Gasteiger partial charge on any atom is -0.493 e. The van der Waals surface area contributed by atoms with Crippen LogP contribution in [-0.4, -0.2) is 72.2 Å². The molecule has 4 aromatic heterocycles. The number of imidazole rings is 2. The van der Waals surface area contributed by atoms with Gasteiger partial charge in [-0.25, -0.2) is 19.6 Å². The molecule has 0 atom stereocenters. The summed E-state index contributed by atoms with van der Waals surface area (Å²) in [4.78, 5) is 47.9. The molecule has 3 N–H and O–H groups in total. The van der Waals surface area contributed by atoms with E-state index in [0.717, 1.165) is 31.5 Å². The number of carbonyl (C=O) groups is 3. The Hall–Kier alpha value is -6.39. The third-order valence-electron chi connectivity index (χ3n) is 7.69. The Morgan fingerprint density at radius 1 is 0.673 bits per heavy atom. The van der Waals surface area contributed by atoms with Crippen molar-refractivity contribution < 1.29 is 38.1 Å². The first-order valence-electron chi connectivity index (χ1n) is 15.4. The smallest absolute Gasteiger partial charge is 0.358 e. The van der Waals surface area contributed by atoms with Gasteiger partial charge in [-0.15, -0.1) is 0 Å². The fourth-order valence-corrected chi connectivity index (χ4v) is 7.20. The van der Waals surface area contributed by atoms with Crippen LogP contribution in [0.2, 0.25) is 0 Å². The van der Waals surface area contributed by atoms with E-state index < -0.39 is 11.9 Å². The molecule has 0 aliphatic rings. The first kappa shape index (κ1) is 35.4. The van der Waals surface area contributed by atoms with Gasteiger partial charge in [0.25, 0.3) is 5.91 Å². The molecule has 0 aliphatic carbocycles. The molecule has 0 bridgehead atoms. The molecule has 52 heavy (non-hydrogen) atoms. The number of nitrogens with one attached hydrogen (secondary N) is 1. The summed E-state index contributed by atoms with van der Waals surface area (Å²) in [5.41, 5.74) is 9.96. The molecule has 14 nitrogen and oxygen atoms in total. The van der Waals surface area contributed by atoms with Crippen molar-refractivity contribution in [2.75, 3.05) is 46.6 Å². The molecule has 16 heteroatoms. The number of benzene rings is 3. The number of thiazole rings is 2. The van der Waals surface area contributed by atoms with E-state index in [9.17, 15) is 14.4 Å². The van der Waals surface area contributed by atoms with Crippen LogP contribution in [0, 0.1) is 0 Å². The lowest BCUT2D eigenvalue weighted by atomic mass is 10.1. The number of aromatic nitrogens is 4. The Labute approximate surface area is 304 Å². The van der Waals surface area contributed by atoms with Gasteiger partial charge >= 0.3 is 11.9 Å². The first-order chi connectivity index (χ1) is 25.2. The Bertz CT molecular complexity index is 2340. The van der Waals surface area contributed by atoms with Gasteiger partial charge in [-0.2, -0.15) is 0 Å². The number of carbonyl (C=O) groups excluding carboxylic acids is 3. The summed E-state index contributed by atoms with van der Waals surface area (Å²) in [6, 6.07) is 18.3. The van der Waals surface area contributed by atoms with E-state index in [1.165, 1.54) is 58.2 Å². The minimum atomic E-state index is -0.495. The zero-order chi connectivity index (χ0) is 36.9. The number of amides is 1. The number of hydrogen-bond donors (Lipinski definition) is 2. The molecule has 3 aromatic carbocycles. The molecule has 266 valence electrons. The number of methoxy groups -OCH3 is 5. The van der Waals surface area contributed by atoms with Crippen molar-refractivity contribution in [1.82, 2.24) is 18.8 Å². The van der Waals surface area contributed by atoms with Crippen LogP contribution in [0.1, 0.15) is 31.3 Å². The molecule has 7 rings (SSSR count). The van der Waals surface area contributed by atoms with Gasteiger partial charge in [-0.3, -0.25) is 13.6 Å². The van der Waals surface area contributed by atoms with Crippen molar-refractivity contribution >= 4 is 61.8 Å². The summed E-state index contributed by atoms with van der Waals surface area (Å²) < 4.78 is 28.9. The van der Waals surface area contributed by atoms with E-state index in [1.54, 1.807) is 33.3 Å². The second kappa shape index (κ2) is 15.2. The third kappa shape index (κ3) is 7.10. The largest absolute Gasteiger partial charge is 0.493 e. The molecule has 0 aliphatic heterocycles. The molecule has 0 unspecified atom stereocenters. The number of hydrogen-bond acceptors (Lipinski definition) is 13. The van der Waals surface area contributed by atoms with E-state index in [0.29, 0.717) is 39.2 Å². The van der Waals surface area contributed by atoms with E-state index >= 15 is 0 Å². The third-order valence-corrected chi connectivity index (χ3v) is 9.75. The molecule has 7 aromatic rings. The van der Waals surface area contributed by atoms with Crippen LogP contribution in [0.25, 0.3) is 30.8 Å². The lowest BCUT2D eigenvalue weighted by Crippen LogP contribution is -2.13. The summed E-state index contributed by atoms with van der Waals surface area (Å²) in [7, 11) is 7.14. The summed E-state index contributed by atoms with van der Waals surface area (Å²) >= 11 is 2.87. The highest BCUT2D eigenvalue weighted by molar-refractivity contribution is 7.20. The molecule has 0 radical (unpaired) electrons. The van der Waals surface area contributed by atoms with Crippen LogP contribution in [0.3, 0.4) is 0 Å². The lowest BCUT2D eigenvalue weighted by Gasteiger charge is -2.15. The van der Waals surface area contributed by atoms with Gasteiger partial charge in [0.05, 0.1) is 45.3 Å². The predicted octanol–water partition coefficient (Wildman–Crippen LogP) is 6.56. The highest BCUT2D eigenvalue weighted by Gasteiger charge is 2.20. The van der Waals surface area contributed by atoms with Crippen molar-refractivity contribution in [3.63, 3.8) is 0 Å². The van der Waals surface area contributed by atoms with Crippen LogP contribution in [0.15, 0.2) is 85.5 Å². The average Bonchev–Trinajstić information content (AvgIpc) is 3.95. The van der Waals surface area contributed by atoms with Crippen molar-refractivity contribution in [3.05, 3.63) is 102 Å². The van der Waals surface area contributed by atoms with Gasteiger partial charge in [0.1, 0.15) is 0 Å². The number of fused-ring (bicyclic) bond motifs is 2. The number of ether oxygens (including phenoxy) is 5. The zero-order valence-electron chi connectivity index (χ0n) is 28.5. The zero-order valence-corrected chi connectivity index (χ0v) is 30.2. The normalized spacial score (nSPS) is 10.7. The monoisotopic (exact) mass is 740 g/mol. The maximum Gasteiger partial charge on any atom is 0.358 e. The number of esters is 2. The van der Waals surface area contributed by atoms with Gasteiger partial charge < -0.3 is 34.7 Å². The minimum absolute atomic E-state index is 0.235. The fraction of sp³-hybridized carbons (Fsp3) is 0.139. The number of anilines is 2. The highest BCUT2D eigenvalue weighted by atomic mass is 32.1. The van der Waals surface area contributed by atoms with Crippen molar-refractivity contribution in [2.45, 2.75) is 0 Å². The Kier molecular flexibility index (Phi) is 10.4. The van der Waals surface area contributed by atoms with Crippen molar-refractivity contribution in [3.8, 4) is 38.1 Å². The number of para-hydroxylation sites is 2. The van der Waals surface area contributed by atoms with Crippen LogP contribution in [0.5, 0.6) is 17.2 Å². The first-order valence-corrected chi connectivity index (χ1v) is 17.0. The molecule has 1 amide bonds. The van der Waals surface area contributed by atoms with E-state index in [2.05, 4.69) is 20.0 Å². The Balaban J connectivity index is 0.000000206. The summed E-state index contributed by atoms with van der Waals surface area (Å²) in [5.74, 6) is -0.0873.